The van der Waals surface area contributed by atoms with Crippen molar-refractivity contribution in [2.45, 2.75) is 57.2 Å². The standard InChI is InChI=1S/C13H22N2O6/c1-13(2)7-8(5-6-21-13)14-12(20)15-9(11(18)19)3-4-10(16)17/h8-9H,3-7H2,1-2H3,(H,16,17)(H,18,19)(H2,14,15,20)/t8?,9-/m0/s1. The second-order valence-corrected chi connectivity index (χ2v) is 5.74. The van der Waals surface area contributed by atoms with Crippen molar-refractivity contribution in [3.05, 3.63) is 0 Å². The van der Waals surface area contributed by atoms with Gasteiger partial charge in [-0.15, -0.1) is 0 Å². The van der Waals surface area contributed by atoms with Crippen LogP contribution in [-0.2, 0) is 14.3 Å². The Morgan fingerprint density at radius 1 is 1.33 bits per heavy atom. The van der Waals surface area contributed by atoms with E-state index < -0.39 is 24.0 Å². The highest BCUT2D eigenvalue weighted by molar-refractivity contribution is 5.83. The summed E-state index contributed by atoms with van der Waals surface area (Å²) in [4.78, 5) is 33.3. The smallest absolute Gasteiger partial charge is 0.326 e. The maximum atomic E-state index is 11.8. The lowest BCUT2D eigenvalue weighted by atomic mass is 9.94. The zero-order chi connectivity index (χ0) is 16.0. The summed E-state index contributed by atoms with van der Waals surface area (Å²) >= 11 is 0. The minimum absolute atomic E-state index is 0.0948. The molecule has 1 saturated heterocycles. The van der Waals surface area contributed by atoms with Gasteiger partial charge in [0, 0.05) is 19.1 Å². The average Bonchev–Trinajstić information content (AvgIpc) is 2.32. The first-order valence-electron chi connectivity index (χ1n) is 6.85. The minimum Gasteiger partial charge on any atom is -0.481 e. The predicted molar refractivity (Wildman–Crippen MR) is 73.0 cm³/mol. The van der Waals surface area contributed by atoms with Gasteiger partial charge in [0.25, 0.3) is 0 Å². The number of hydrogen-bond donors (Lipinski definition) is 4. The first-order valence-corrected chi connectivity index (χ1v) is 6.85. The molecular formula is C13H22N2O6. The van der Waals surface area contributed by atoms with E-state index in [1.165, 1.54) is 0 Å². The Bertz CT molecular complexity index is 409. The van der Waals surface area contributed by atoms with Crippen LogP contribution in [0.15, 0.2) is 0 Å². The van der Waals surface area contributed by atoms with E-state index in [1.54, 1.807) is 0 Å². The van der Waals surface area contributed by atoms with Crippen LogP contribution in [-0.4, -0.2) is 52.5 Å². The summed E-state index contributed by atoms with van der Waals surface area (Å²) in [6.45, 7) is 4.37. The number of carboxylic acids is 2. The Hall–Kier alpha value is -1.83. The Morgan fingerprint density at radius 3 is 2.52 bits per heavy atom. The zero-order valence-electron chi connectivity index (χ0n) is 12.2. The third kappa shape index (κ3) is 6.44. The molecule has 0 aromatic heterocycles. The molecule has 0 saturated carbocycles. The SMILES string of the molecule is CC1(C)CC(NC(=O)N[C@@H](CCC(=O)O)C(=O)O)CCO1. The van der Waals surface area contributed by atoms with Gasteiger partial charge >= 0.3 is 18.0 Å². The largest absolute Gasteiger partial charge is 0.481 e. The van der Waals surface area contributed by atoms with Gasteiger partial charge in [-0.25, -0.2) is 9.59 Å². The molecule has 0 aliphatic carbocycles. The molecule has 1 fully saturated rings. The Balaban J connectivity index is 2.46. The second-order valence-electron chi connectivity index (χ2n) is 5.74. The number of amides is 2. The van der Waals surface area contributed by atoms with E-state index >= 15 is 0 Å². The number of carbonyl (C=O) groups is 3. The van der Waals surface area contributed by atoms with E-state index in [4.69, 9.17) is 14.9 Å². The molecule has 0 bridgehead atoms. The van der Waals surface area contributed by atoms with Crippen LogP contribution in [0.3, 0.4) is 0 Å². The van der Waals surface area contributed by atoms with E-state index in [9.17, 15) is 14.4 Å². The van der Waals surface area contributed by atoms with Gasteiger partial charge in [-0.2, -0.15) is 0 Å². The lowest BCUT2D eigenvalue weighted by Gasteiger charge is -2.35. The molecule has 0 aromatic carbocycles. The van der Waals surface area contributed by atoms with Crippen LogP contribution in [0.4, 0.5) is 4.79 Å². The zero-order valence-corrected chi connectivity index (χ0v) is 12.2. The third-order valence-electron chi connectivity index (χ3n) is 3.28. The highest BCUT2D eigenvalue weighted by atomic mass is 16.5. The van der Waals surface area contributed by atoms with Gasteiger partial charge < -0.3 is 25.6 Å². The molecule has 0 spiro atoms. The van der Waals surface area contributed by atoms with Crippen LogP contribution in [0.5, 0.6) is 0 Å². The summed E-state index contributed by atoms with van der Waals surface area (Å²) in [5.74, 6) is -2.35. The molecule has 21 heavy (non-hydrogen) atoms. The van der Waals surface area contributed by atoms with Crippen LogP contribution in [0.2, 0.25) is 0 Å². The first kappa shape index (κ1) is 17.2. The maximum Gasteiger partial charge on any atom is 0.326 e. The molecule has 0 aromatic rings. The number of rotatable bonds is 6. The highest BCUT2D eigenvalue weighted by Crippen LogP contribution is 2.23. The van der Waals surface area contributed by atoms with E-state index in [0.717, 1.165) is 0 Å². The lowest BCUT2D eigenvalue weighted by Crippen LogP contribution is -2.52. The Labute approximate surface area is 122 Å². The van der Waals surface area contributed by atoms with Crippen LogP contribution in [0, 0.1) is 0 Å². The van der Waals surface area contributed by atoms with Crippen molar-refractivity contribution in [1.29, 1.82) is 0 Å². The van der Waals surface area contributed by atoms with Gasteiger partial charge in [-0.1, -0.05) is 0 Å². The minimum atomic E-state index is -1.25. The molecule has 2 amide bonds. The topological polar surface area (TPSA) is 125 Å². The van der Waals surface area contributed by atoms with Gasteiger partial charge in [0.1, 0.15) is 6.04 Å². The normalized spacial score (nSPS) is 22.1. The molecule has 0 radical (unpaired) electrons. The molecule has 8 nitrogen and oxygen atoms in total. The third-order valence-corrected chi connectivity index (χ3v) is 3.28. The predicted octanol–water partition coefficient (Wildman–Crippen LogP) is 0.561. The van der Waals surface area contributed by atoms with Gasteiger partial charge in [0.05, 0.1) is 5.60 Å². The van der Waals surface area contributed by atoms with Crippen molar-refractivity contribution in [2.75, 3.05) is 6.61 Å². The van der Waals surface area contributed by atoms with Crippen molar-refractivity contribution in [2.24, 2.45) is 0 Å². The fourth-order valence-corrected chi connectivity index (χ4v) is 2.27. The van der Waals surface area contributed by atoms with E-state index in [-0.39, 0.29) is 24.5 Å². The molecule has 1 aliphatic heterocycles. The van der Waals surface area contributed by atoms with Crippen molar-refractivity contribution >= 4 is 18.0 Å². The quantitative estimate of drug-likeness (QED) is 0.568. The van der Waals surface area contributed by atoms with E-state index in [2.05, 4.69) is 10.6 Å². The maximum absolute atomic E-state index is 11.8. The van der Waals surface area contributed by atoms with Gasteiger partial charge in [0.15, 0.2) is 0 Å². The average molecular weight is 302 g/mol. The first-order chi connectivity index (χ1) is 9.69. The fourth-order valence-electron chi connectivity index (χ4n) is 2.27. The number of carboxylic acid groups (broad SMARTS) is 2. The van der Waals surface area contributed by atoms with Gasteiger partial charge in [0.2, 0.25) is 0 Å². The molecule has 2 atom stereocenters. The fraction of sp³-hybridized carbons (Fsp3) is 0.769. The summed E-state index contributed by atoms with van der Waals surface area (Å²) in [7, 11) is 0. The second kappa shape index (κ2) is 7.26. The van der Waals surface area contributed by atoms with Crippen LogP contribution in [0.25, 0.3) is 0 Å². The molecule has 8 heteroatoms. The number of ether oxygens (including phenoxy) is 1. The van der Waals surface area contributed by atoms with E-state index in [0.29, 0.717) is 19.4 Å². The number of carbonyl (C=O) groups excluding carboxylic acids is 1. The van der Waals surface area contributed by atoms with Crippen molar-refractivity contribution in [3.8, 4) is 0 Å². The summed E-state index contributed by atoms with van der Waals surface area (Å²) in [6, 6.07) is -1.91. The lowest BCUT2D eigenvalue weighted by molar-refractivity contribution is -0.140. The molecule has 1 unspecified atom stereocenters. The summed E-state index contributed by atoms with van der Waals surface area (Å²) in [5.41, 5.74) is -0.328. The van der Waals surface area contributed by atoms with Crippen molar-refractivity contribution < 1.29 is 29.3 Å². The van der Waals surface area contributed by atoms with Crippen molar-refractivity contribution in [1.82, 2.24) is 10.6 Å². The molecule has 4 N–H and O–H groups in total. The number of hydrogen-bond acceptors (Lipinski definition) is 4. The van der Waals surface area contributed by atoms with Crippen LogP contribution >= 0.6 is 0 Å². The molecule has 120 valence electrons. The summed E-state index contributed by atoms with van der Waals surface area (Å²) in [6.07, 6.45) is 0.815. The number of nitrogens with one attached hydrogen (secondary N) is 2. The van der Waals surface area contributed by atoms with E-state index in [1.807, 2.05) is 13.8 Å². The van der Waals surface area contributed by atoms with Crippen LogP contribution < -0.4 is 10.6 Å². The number of aliphatic carboxylic acids is 2. The van der Waals surface area contributed by atoms with Crippen LogP contribution in [0.1, 0.15) is 39.5 Å². The monoisotopic (exact) mass is 302 g/mol. The highest BCUT2D eigenvalue weighted by Gasteiger charge is 2.30. The molecule has 1 heterocycles. The molecular weight excluding hydrogens is 280 g/mol. The molecule has 1 rings (SSSR count). The number of urea groups is 1. The van der Waals surface area contributed by atoms with Gasteiger partial charge in [-0.3, -0.25) is 4.79 Å². The Kier molecular flexibility index (Phi) is 5.95. The summed E-state index contributed by atoms with van der Waals surface area (Å²) < 4.78 is 5.53. The van der Waals surface area contributed by atoms with Crippen molar-refractivity contribution in [3.63, 3.8) is 0 Å². The summed E-state index contributed by atoms with van der Waals surface area (Å²) in [5, 5.41) is 22.5. The van der Waals surface area contributed by atoms with Gasteiger partial charge in [-0.05, 0) is 33.1 Å². The molecule has 1 aliphatic rings. The Morgan fingerprint density at radius 2 is 2.00 bits per heavy atom.